The highest BCUT2D eigenvalue weighted by molar-refractivity contribution is 7.07. The SMILES string of the molecule is CC(C)(Cc1c(Cc2ccc(-n3ncnn3)cc2)c2ccc(OCc3cscn3)cc2n1CC1CC1)C(=O)O. The van der Waals surface area contributed by atoms with Crippen LogP contribution in [0, 0.1) is 11.3 Å². The van der Waals surface area contributed by atoms with Gasteiger partial charge in [-0.05, 0) is 79.6 Å². The lowest BCUT2D eigenvalue weighted by Crippen LogP contribution is -2.28. The third-order valence-corrected chi connectivity index (χ3v) is 7.99. The van der Waals surface area contributed by atoms with Crippen LogP contribution in [-0.2, 0) is 30.8 Å². The van der Waals surface area contributed by atoms with Crippen molar-refractivity contribution in [1.29, 1.82) is 0 Å². The van der Waals surface area contributed by atoms with Crippen LogP contribution in [0.2, 0.25) is 0 Å². The fourth-order valence-electron chi connectivity index (χ4n) is 4.91. The first-order valence-electron chi connectivity index (χ1n) is 13.1. The predicted octanol–water partition coefficient (Wildman–Crippen LogP) is 5.31. The van der Waals surface area contributed by atoms with Crippen molar-refractivity contribution in [1.82, 2.24) is 29.8 Å². The van der Waals surface area contributed by atoms with Gasteiger partial charge in [-0.15, -0.1) is 26.3 Å². The zero-order valence-electron chi connectivity index (χ0n) is 21.9. The van der Waals surface area contributed by atoms with E-state index in [4.69, 9.17) is 4.74 Å². The van der Waals surface area contributed by atoms with Gasteiger partial charge in [0.05, 0.1) is 27.8 Å². The van der Waals surface area contributed by atoms with Crippen molar-refractivity contribution < 1.29 is 14.6 Å². The number of carboxylic acids is 1. The third-order valence-electron chi connectivity index (χ3n) is 7.35. The first-order chi connectivity index (χ1) is 18.9. The fraction of sp³-hybridized carbons (Fsp3) is 0.345. The number of rotatable bonds is 11. The third kappa shape index (κ3) is 5.42. The van der Waals surface area contributed by atoms with Crippen LogP contribution in [0.15, 0.2) is 59.7 Å². The summed E-state index contributed by atoms with van der Waals surface area (Å²) in [4.78, 5) is 18.0. The van der Waals surface area contributed by atoms with E-state index in [2.05, 4.69) is 49.2 Å². The summed E-state index contributed by atoms with van der Waals surface area (Å²) in [5.41, 5.74) is 7.11. The van der Waals surface area contributed by atoms with Crippen molar-refractivity contribution >= 4 is 28.2 Å². The maximum absolute atomic E-state index is 12.2. The van der Waals surface area contributed by atoms with Gasteiger partial charge in [-0.2, -0.15) is 0 Å². The Kier molecular flexibility index (Phi) is 6.64. The highest BCUT2D eigenvalue weighted by Gasteiger charge is 2.33. The van der Waals surface area contributed by atoms with Gasteiger partial charge < -0.3 is 14.4 Å². The number of benzene rings is 2. The van der Waals surface area contributed by atoms with Crippen LogP contribution in [0.5, 0.6) is 5.75 Å². The highest BCUT2D eigenvalue weighted by Crippen LogP contribution is 2.39. The average molecular weight is 543 g/mol. The molecule has 0 spiro atoms. The Morgan fingerprint density at radius 2 is 2.00 bits per heavy atom. The quantitative estimate of drug-likeness (QED) is 0.241. The number of fused-ring (bicyclic) bond motifs is 1. The number of tetrazole rings is 1. The zero-order chi connectivity index (χ0) is 27.0. The Balaban J connectivity index is 1.41. The Labute approximate surface area is 230 Å². The largest absolute Gasteiger partial charge is 0.487 e. The van der Waals surface area contributed by atoms with Crippen LogP contribution in [0.3, 0.4) is 0 Å². The van der Waals surface area contributed by atoms with Crippen LogP contribution in [0.25, 0.3) is 16.6 Å². The van der Waals surface area contributed by atoms with Gasteiger partial charge in [0.2, 0.25) is 0 Å². The van der Waals surface area contributed by atoms with Crippen LogP contribution in [0.1, 0.15) is 49.2 Å². The molecule has 39 heavy (non-hydrogen) atoms. The van der Waals surface area contributed by atoms with E-state index in [1.54, 1.807) is 30.7 Å². The molecule has 1 fully saturated rings. The molecule has 200 valence electrons. The van der Waals surface area contributed by atoms with Crippen molar-refractivity contribution in [3.8, 4) is 11.4 Å². The van der Waals surface area contributed by atoms with Gasteiger partial charge in [-0.1, -0.05) is 12.1 Å². The molecule has 0 amide bonds. The molecule has 6 rings (SSSR count). The minimum atomic E-state index is -0.906. The van der Waals surface area contributed by atoms with Crippen LogP contribution in [-0.4, -0.2) is 40.8 Å². The molecule has 1 N–H and O–H groups in total. The molecule has 3 heterocycles. The van der Waals surface area contributed by atoms with E-state index >= 15 is 0 Å². The number of aromatic nitrogens is 6. The van der Waals surface area contributed by atoms with Gasteiger partial charge >= 0.3 is 5.97 Å². The molecule has 5 aromatic rings. The van der Waals surface area contributed by atoms with E-state index < -0.39 is 11.4 Å². The molecule has 0 saturated heterocycles. The van der Waals surface area contributed by atoms with Crippen molar-refractivity contribution in [3.05, 3.63) is 82.2 Å². The lowest BCUT2D eigenvalue weighted by Gasteiger charge is -2.22. The summed E-state index contributed by atoms with van der Waals surface area (Å²) in [6.07, 6.45) is 4.94. The van der Waals surface area contributed by atoms with Crippen LogP contribution in [0.4, 0.5) is 0 Å². The summed E-state index contributed by atoms with van der Waals surface area (Å²) in [5, 5.41) is 25.0. The maximum atomic E-state index is 12.2. The first-order valence-corrected chi connectivity index (χ1v) is 14.0. The maximum Gasteiger partial charge on any atom is 0.309 e. The second-order valence-electron chi connectivity index (χ2n) is 10.9. The summed E-state index contributed by atoms with van der Waals surface area (Å²) in [6, 6.07) is 14.3. The van der Waals surface area contributed by atoms with E-state index in [-0.39, 0.29) is 0 Å². The van der Waals surface area contributed by atoms with Gasteiger partial charge in [-0.3, -0.25) is 4.79 Å². The van der Waals surface area contributed by atoms with Gasteiger partial charge in [-0.25, -0.2) is 4.98 Å². The Morgan fingerprint density at radius 3 is 2.67 bits per heavy atom. The van der Waals surface area contributed by atoms with E-state index in [1.807, 2.05) is 23.6 Å². The Morgan fingerprint density at radius 1 is 1.18 bits per heavy atom. The summed E-state index contributed by atoms with van der Waals surface area (Å²) in [7, 11) is 0. The van der Waals surface area contributed by atoms with Crippen molar-refractivity contribution in [3.63, 3.8) is 0 Å². The minimum Gasteiger partial charge on any atom is -0.487 e. The van der Waals surface area contributed by atoms with Crippen molar-refractivity contribution in [2.45, 2.75) is 52.7 Å². The molecule has 0 aliphatic heterocycles. The number of carboxylic acid groups (broad SMARTS) is 1. The normalized spacial score (nSPS) is 13.7. The van der Waals surface area contributed by atoms with Crippen LogP contribution < -0.4 is 4.74 Å². The second kappa shape index (κ2) is 10.3. The predicted molar refractivity (Wildman–Crippen MR) is 148 cm³/mol. The molecule has 0 atom stereocenters. The van der Waals surface area contributed by atoms with Gasteiger partial charge in [0.15, 0.2) is 6.33 Å². The number of hydrogen-bond acceptors (Lipinski definition) is 7. The minimum absolute atomic E-state index is 0.414. The fourth-order valence-corrected chi connectivity index (χ4v) is 5.45. The Bertz CT molecular complexity index is 1590. The number of hydrogen-bond donors (Lipinski definition) is 1. The summed E-state index contributed by atoms with van der Waals surface area (Å²) < 4.78 is 8.46. The first kappa shape index (κ1) is 25.2. The second-order valence-corrected chi connectivity index (χ2v) is 11.6. The number of ether oxygens (including phenoxy) is 1. The standard InChI is InChI=1S/C29H30N6O3S/c1-29(2,28(36)37)13-27-25(11-19-5-7-22(8-6-19)35-32-17-31-33-35)24-10-9-23(38-15-21-16-39-18-30-21)12-26(24)34(27)14-20-3-4-20/h5-10,12,16-18,20H,3-4,11,13-15H2,1-2H3,(H,36,37). The van der Waals surface area contributed by atoms with Gasteiger partial charge in [0.25, 0.3) is 0 Å². The topological polar surface area (TPSA) is 108 Å². The molecular formula is C29H30N6O3S. The average Bonchev–Trinajstić information content (AvgIpc) is 3.29. The molecule has 1 aliphatic carbocycles. The summed E-state index contributed by atoms with van der Waals surface area (Å²) >= 11 is 1.55. The van der Waals surface area contributed by atoms with E-state index in [1.165, 1.54) is 24.0 Å². The molecule has 0 unspecified atom stereocenters. The van der Waals surface area contributed by atoms with E-state index in [0.29, 0.717) is 25.4 Å². The Hall–Kier alpha value is -4.05. The summed E-state index contributed by atoms with van der Waals surface area (Å²) in [6.45, 7) is 4.91. The molecule has 0 radical (unpaired) electrons. The molecule has 0 bridgehead atoms. The molecule has 3 aromatic heterocycles. The number of nitrogens with zero attached hydrogens (tertiary/aromatic N) is 6. The molecule has 2 aromatic carbocycles. The lowest BCUT2D eigenvalue weighted by atomic mass is 9.85. The molecule has 10 heteroatoms. The van der Waals surface area contributed by atoms with Gasteiger partial charge in [0, 0.05) is 35.5 Å². The number of thiazole rings is 1. The molecular weight excluding hydrogens is 512 g/mol. The van der Waals surface area contributed by atoms with Crippen molar-refractivity contribution in [2.24, 2.45) is 11.3 Å². The van der Waals surface area contributed by atoms with Gasteiger partial charge in [0.1, 0.15) is 12.4 Å². The highest BCUT2D eigenvalue weighted by atomic mass is 32.1. The monoisotopic (exact) mass is 542 g/mol. The van der Waals surface area contributed by atoms with E-state index in [9.17, 15) is 9.90 Å². The molecule has 1 aliphatic rings. The van der Waals surface area contributed by atoms with Crippen LogP contribution >= 0.6 is 11.3 Å². The number of aliphatic carboxylic acids is 1. The number of carbonyl (C=O) groups is 1. The van der Waals surface area contributed by atoms with E-state index in [0.717, 1.165) is 51.4 Å². The smallest absolute Gasteiger partial charge is 0.309 e. The molecule has 1 saturated carbocycles. The zero-order valence-corrected chi connectivity index (χ0v) is 22.8. The summed E-state index contributed by atoms with van der Waals surface area (Å²) in [5.74, 6) is 0.605. The lowest BCUT2D eigenvalue weighted by molar-refractivity contribution is -0.146. The molecule has 9 nitrogen and oxygen atoms in total. The van der Waals surface area contributed by atoms with Crippen molar-refractivity contribution in [2.75, 3.05) is 0 Å².